The molecule has 14 nitrogen and oxygen atoms in total. The summed E-state index contributed by atoms with van der Waals surface area (Å²) in [6.45, 7) is 7.30. The molecule has 0 aromatic rings. The van der Waals surface area contributed by atoms with Crippen molar-refractivity contribution in [2.75, 3.05) is 39.6 Å². The molecule has 15 heteroatoms. The Hall–Kier alpha value is -1.46. The largest absolute Gasteiger partial charge is 1.00 e. The van der Waals surface area contributed by atoms with Gasteiger partial charge in [0.1, 0.15) is 13.2 Å². The Balaban J connectivity index is -0.000000128. The van der Waals surface area contributed by atoms with E-state index in [1.807, 2.05) is 6.79 Å². The van der Waals surface area contributed by atoms with Gasteiger partial charge in [0, 0.05) is 0 Å². The summed E-state index contributed by atoms with van der Waals surface area (Å²) in [4.78, 5) is 63.3. The van der Waals surface area contributed by atoms with Crippen LogP contribution in [-0.4, -0.2) is 87.0 Å². The number of carbonyl (C=O) groups excluding carboxylic acids is 6. The predicted molar refractivity (Wildman–Crippen MR) is 102 cm³/mol. The topological polar surface area (TPSA) is 212 Å². The molecule has 0 fully saturated rings. The van der Waals surface area contributed by atoms with Crippen LogP contribution in [0.15, 0.2) is 0 Å². The summed E-state index contributed by atoms with van der Waals surface area (Å²) in [5.74, 6) is -3.03. The molecule has 0 heterocycles. The van der Waals surface area contributed by atoms with E-state index in [-0.39, 0.29) is 90.7 Å². The van der Waals surface area contributed by atoms with Gasteiger partial charge in [-0.05, 0) is 27.7 Å². The van der Waals surface area contributed by atoms with E-state index in [0.29, 0.717) is 0 Å². The molecule has 0 aliphatic carbocycles. The van der Waals surface area contributed by atoms with Gasteiger partial charge in [-0.15, -0.1) is 0 Å². The van der Waals surface area contributed by atoms with Crippen molar-refractivity contribution in [1.29, 1.82) is 0 Å². The van der Waals surface area contributed by atoms with Crippen molar-refractivity contribution in [3.05, 3.63) is 0 Å². The molecule has 0 saturated heterocycles. The molecule has 188 valence electrons. The zero-order chi connectivity index (χ0) is 26.0. The van der Waals surface area contributed by atoms with E-state index in [2.05, 4.69) is 23.8 Å². The fraction of sp³-hybridized carbons (Fsp3) is 0.667. The van der Waals surface area contributed by atoms with Crippen LogP contribution >= 0.6 is 0 Å². The molecule has 33 heavy (non-hydrogen) atoms. The number of hydrogen-bond donors (Lipinski definition) is 2. The monoisotopic (exact) mass is 510 g/mol. The summed E-state index contributed by atoms with van der Waals surface area (Å²) < 4.78 is 18.2. The van der Waals surface area contributed by atoms with Gasteiger partial charge in [-0.1, -0.05) is 0 Å². The van der Waals surface area contributed by atoms with Gasteiger partial charge in [0.25, 0.3) is 6.47 Å². The number of aliphatic hydroxyl groups is 2. The fourth-order valence-corrected chi connectivity index (χ4v) is 1.47. The van der Waals surface area contributed by atoms with Crippen molar-refractivity contribution < 1.29 is 119 Å². The summed E-state index contributed by atoms with van der Waals surface area (Å²) in [6, 6.07) is 0. The van der Waals surface area contributed by atoms with Gasteiger partial charge in [0.15, 0.2) is 0 Å². The van der Waals surface area contributed by atoms with E-state index < -0.39 is 42.5 Å². The summed E-state index contributed by atoms with van der Waals surface area (Å²) in [7, 11) is 0. The molecular weight excluding hydrogens is 479 g/mol. The van der Waals surface area contributed by atoms with E-state index in [4.69, 9.17) is 25.1 Å². The van der Waals surface area contributed by atoms with Crippen LogP contribution in [0.2, 0.25) is 0 Å². The molecule has 0 aliphatic heterocycles. The third-order valence-electron chi connectivity index (χ3n) is 2.81. The SMILES string of the molecule is C=O.CCOC(=O)C(CO)(CO)C(=O)OCC.CCOC(=O)CC(=O)OCC.O=CO[O-].[K+]. The van der Waals surface area contributed by atoms with E-state index in [1.165, 1.54) is 0 Å². The molecule has 0 bridgehead atoms. The van der Waals surface area contributed by atoms with Crippen LogP contribution in [0, 0.1) is 5.41 Å². The summed E-state index contributed by atoms with van der Waals surface area (Å²) in [5, 5.41) is 26.4. The summed E-state index contributed by atoms with van der Waals surface area (Å²) in [5.41, 5.74) is -2.01. The Morgan fingerprint density at radius 2 is 1.06 bits per heavy atom. The molecular formula is C18H31KO14. The third kappa shape index (κ3) is 22.1. The molecule has 0 spiro atoms. The fourth-order valence-electron chi connectivity index (χ4n) is 1.47. The molecule has 0 rings (SSSR count). The molecule has 0 aliphatic rings. The Morgan fingerprint density at radius 1 is 0.788 bits per heavy atom. The normalized spacial score (nSPS) is 8.70. The van der Waals surface area contributed by atoms with Gasteiger partial charge in [0.2, 0.25) is 5.41 Å². The molecule has 0 radical (unpaired) electrons. The molecule has 0 atom stereocenters. The zero-order valence-electron chi connectivity index (χ0n) is 19.5. The second-order valence-corrected chi connectivity index (χ2v) is 4.82. The minimum Gasteiger partial charge on any atom is -0.662 e. The Labute approximate surface area is 234 Å². The molecule has 2 N–H and O–H groups in total. The maximum absolute atomic E-state index is 11.4. The quantitative estimate of drug-likeness (QED) is 0.0506. The van der Waals surface area contributed by atoms with Crippen LogP contribution in [-0.2, 0) is 52.6 Å². The van der Waals surface area contributed by atoms with Crippen molar-refractivity contribution in [2.24, 2.45) is 5.41 Å². The van der Waals surface area contributed by atoms with Gasteiger partial charge in [-0.3, -0.25) is 24.0 Å². The average Bonchev–Trinajstić information content (AvgIpc) is 2.77. The maximum atomic E-state index is 11.4. The van der Waals surface area contributed by atoms with Gasteiger partial charge >= 0.3 is 75.3 Å². The minimum atomic E-state index is -2.01. The Kier molecular flexibility index (Phi) is 38.6. The number of esters is 4. The van der Waals surface area contributed by atoms with Crippen molar-refractivity contribution in [3.8, 4) is 0 Å². The minimum absolute atomic E-state index is 0. The van der Waals surface area contributed by atoms with E-state index in [0.717, 1.165) is 0 Å². The second kappa shape index (κ2) is 30.5. The Morgan fingerprint density at radius 3 is 1.24 bits per heavy atom. The van der Waals surface area contributed by atoms with Crippen molar-refractivity contribution in [3.63, 3.8) is 0 Å². The maximum Gasteiger partial charge on any atom is 1.00 e. The van der Waals surface area contributed by atoms with Crippen LogP contribution in [0.4, 0.5) is 0 Å². The molecule has 0 amide bonds. The van der Waals surface area contributed by atoms with Crippen LogP contribution in [0.5, 0.6) is 0 Å². The van der Waals surface area contributed by atoms with Gasteiger partial charge in [0.05, 0.1) is 39.6 Å². The van der Waals surface area contributed by atoms with E-state index in [9.17, 15) is 19.2 Å². The van der Waals surface area contributed by atoms with E-state index in [1.54, 1.807) is 27.7 Å². The average molecular weight is 511 g/mol. The number of carbonyl (C=O) groups is 6. The first kappa shape index (κ1) is 41.8. The van der Waals surface area contributed by atoms with Gasteiger partial charge in [-0.25, -0.2) is 0 Å². The Bertz CT molecular complexity index is 486. The van der Waals surface area contributed by atoms with Crippen molar-refractivity contribution >= 4 is 37.1 Å². The predicted octanol–water partition coefficient (Wildman–Crippen LogP) is -5.16. The zero-order valence-corrected chi connectivity index (χ0v) is 22.7. The number of ether oxygens (including phenoxy) is 4. The van der Waals surface area contributed by atoms with Gasteiger partial charge in [-0.2, -0.15) is 0 Å². The van der Waals surface area contributed by atoms with Crippen LogP contribution in [0.1, 0.15) is 34.1 Å². The van der Waals surface area contributed by atoms with E-state index >= 15 is 0 Å². The third-order valence-corrected chi connectivity index (χ3v) is 2.81. The number of rotatable bonds is 11. The molecule has 0 saturated carbocycles. The molecule has 0 aromatic carbocycles. The first-order chi connectivity index (χ1) is 15.2. The number of aliphatic hydroxyl groups excluding tert-OH is 2. The summed E-state index contributed by atoms with van der Waals surface area (Å²) >= 11 is 0. The number of hydrogen-bond acceptors (Lipinski definition) is 14. The van der Waals surface area contributed by atoms with Crippen LogP contribution in [0.3, 0.4) is 0 Å². The standard InChI is InChI=1S/C9H16O6.C7H12O4.CH2O3.CH2O.K/c1-3-14-7(12)9(5-10,6-11)8(13)15-4-2;1-3-10-6(8)5-7(9)11-4-2;2-1-4-3;1-2;/h10-11H,3-6H2,1-2H3;3-5H2,1-2H3;1,3H;1H2;/q;;;;+1/p-1. The van der Waals surface area contributed by atoms with Crippen LogP contribution < -0.4 is 56.6 Å². The van der Waals surface area contributed by atoms with Crippen molar-refractivity contribution in [2.45, 2.75) is 34.1 Å². The second-order valence-electron chi connectivity index (χ2n) is 4.82. The molecule has 0 unspecified atom stereocenters. The van der Waals surface area contributed by atoms with Gasteiger partial charge < -0.3 is 44.1 Å². The first-order valence-electron chi connectivity index (χ1n) is 9.09. The summed E-state index contributed by atoms with van der Waals surface area (Å²) in [6.07, 6.45) is -0.290. The smallest absolute Gasteiger partial charge is 0.662 e. The molecule has 0 aromatic heterocycles. The van der Waals surface area contributed by atoms with Crippen molar-refractivity contribution in [1.82, 2.24) is 0 Å². The van der Waals surface area contributed by atoms with Crippen LogP contribution in [0.25, 0.3) is 0 Å². The first-order valence-corrected chi connectivity index (χ1v) is 9.09.